The van der Waals surface area contributed by atoms with Crippen LogP contribution in [0, 0.1) is 13.8 Å². The van der Waals surface area contributed by atoms with Crippen LogP contribution in [-0.4, -0.2) is 14.8 Å². The largest absolute Gasteiger partial charge is 0.377 e. The number of hydrogen-bond acceptors (Lipinski definition) is 3. The van der Waals surface area contributed by atoms with Gasteiger partial charge in [0.15, 0.2) is 5.82 Å². The first-order chi connectivity index (χ1) is 8.08. The SMILES string of the molecule is Cc1ccc(NCc2nnc(C)n2C)c(Br)c1. The minimum absolute atomic E-state index is 0.666. The fourth-order valence-corrected chi connectivity index (χ4v) is 2.18. The van der Waals surface area contributed by atoms with Crippen molar-refractivity contribution < 1.29 is 0 Å². The van der Waals surface area contributed by atoms with E-state index in [1.54, 1.807) is 0 Å². The summed E-state index contributed by atoms with van der Waals surface area (Å²) >= 11 is 3.54. The van der Waals surface area contributed by atoms with E-state index in [1.807, 2.05) is 18.5 Å². The molecular weight excluding hydrogens is 280 g/mol. The maximum atomic E-state index is 4.11. The fourth-order valence-electron chi connectivity index (χ4n) is 1.54. The van der Waals surface area contributed by atoms with Crippen LogP contribution in [0.2, 0.25) is 0 Å². The zero-order valence-corrected chi connectivity index (χ0v) is 11.7. The standard InChI is InChI=1S/C12H15BrN4/c1-8-4-5-11(10(13)6-8)14-7-12-16-15-9(2)17(12)3/h4-6,14H,7H2,1-3H3. The van der Waals surface area contributed by atoms with E-state index in [4.69, 9.17) is 0 Å². The van der Waals surface area contributed by atoms with Gasteiger partial charge in [0.05, 0.1) is 6.54 Å². The summed E-state index contributed by atoms with van der Waals surface area (Å²) in [5.41, 5.74) is 2.30. The Bertz CT molecular complexity index is 533. The minimum atomic E-state index is 0.666. The Labute approximate surface area is 109 Å². The van der Waals surface area contributed by atoms with Gasteiger partial charge in [0, 0.05) is 17.2 Å². The first-order valence-electron chi connectivity index (χ1n) is 5.43. The van der Waals surface area contributed by atoms with Crippen molar-refractivity contribution in [2.24, 2.45) is 7.05 Å². The Hall–Kier alpha value is -1.36. The monoisotopic (exact) mass is 294 g/mol. The molecular formula is C12H15BrN4. The maximum absolute atomic E-state index is 4.11. The quantitative estimate of drug-likeness (QED) is 0.947. The molecule has 4 nitrogen and oxygen atoms in total. The lowest BCUT2D eigenvalue weighted by molar-refractivity contribution is 0.789. The summed E-state index contributed by atoms with van der Waals surface area (Å²) in [6.45, 7) is 4.68. The van der Waals surface area contributed by atoms with E-state index in [-0.39, 0.29) is 0 Å². The van der Waals surface area contributed by atoms with Crippen LogP contribution in [0.25, 0.3) is 0 Å². The van der Waals surface area contributed by atoms with Crippen molar-refractivity contribution in [3.8, 4) is 0 Å². The molecule has 1 aromatic carbocycles. The average Bonchev–Trinajstić information content (AvgIpc) is 2.59. The molecule has 2 aromatic rings. The number of aryl methyl sites for hydroxylation is 2. The second-order valence-corrected chi connectivity index (χ2v) is 4.91. The number of anilines is 1. The average molecular weight is 295 g/mol. The minimum Gasteiger partial charge on any atom is -0.377 e. The van der Waals surface area contributed by atoms with Crippen LogP contribution in [0.1, 0.15) is 17.2 Å². The van der Waals surface area contributed by atoms with Gasteiger partial charge in [-0.15, -0.1) is 10.2 Å². The van der Waals surface area contributed by atoms with Crippen molar-refractivity contribution >= 4 is 21.6 Å². The first kappa shape index (κ1) is 12.1. The molecule has 0 spiro atoms. The van der Waals surface area contributed by atoms with Crippen LogP contribution in [-0.2, 0) is 13.6 Å². The van der Waals surface area contributed by atoms with Crippen LogP contribution in [0.15, 0.2) is 22.7 Å². The first-order valence-corrected chi connectivity index (χ1v) is 6.22. The van der Waals surface area contributed by atoms with E-state index < -0.39 is 0 Å². The van der Waals surface area contributed by atoms with Gasteiger partial charge in [-0.05, 0) is 47.5 Å². The van der Waals surface area contributed by atoms with Gasteiger partial charge < -0.3 is 9.88 Å². The fraction of sp³-hybridized carbons (Fsp3) is 0.333. The molecule has 90 valence electrons. The Morgan fingerprint density at radius 1 is 1.29 bits per heavy atom. The summed E-state index contributed by atoms with van der Waals surface area (Å²) in [6, 6.07) is 6.22. The molecule has 2 rings (SSSR count). The van der Waals surface area contributed by atoms with Crippen molar-refractivity contribution in [3.05, 3.63) is 39.9 Å². The molecule has 0 unspecified atom stereocenters. The van der Waals surface area contributed by atoms with Crippen molar-refractivity contribution in [3.63, 3.8) is 0 Å². The zero-order valence-electron chi connectivity index (χ0n) is 10.2. The summed E-state index contributed by atoms with van der Waals surface area (Å²) in [7, 11) is 1.97. The summed E-state index contributed by atoms with van der Waals surface area (Å²) in [5.74, 6) is 1.85. The molecule has 0 aliphatic heterocycles. The van der Waals surface area contributed by atoms with Gasteiger partial charge in [-0.25, -0.2) is 0 Å². The van der Waals surface area contributed by atoms with Gasteiger partial charge in [-0.3, -0.25) is 0 Å². The van der Waals surface area contributed by atoms with E-state index in [9.17, 15) is 0 Å². The van der Waals surface area contributed by atoms with E-state index in [2.05, 4.69) is 56.6 Å². The molecule has 0 amide bonds. The number of nitrogens with one attached hydrogen (secondary N) is 1. The van der Waals surface area contributed by atoms with Crippen LogP contribution in [0.3, 0.4) is 0 Å². The molecule has 1 N–H and O–H groups in total. The normalized spacial score (nSPS) is 10.6. The topological polar surface area (TPSA) is 42.7 Å². The highest BCUT2D eigenvalue weighted by Gasteiger charge is 2.05. The molecule has 0 fully saturated rings. The summed E-state index contributed by atoms with van der Waals surface area (Å²) in [6.07, 6.45) is 0. The number of benzene rings is 1. The van der Waals surface area contributed by atoms with Gasteiger partial charge in [-0.1, -0.05) is 6.07 Å². The van der Waals surface area contributed by atoms with E-state index in [0.717, 1.165) is 21.8 Å². The molecule has 0 aliphatic rings. The lowest BCUT2D eigenvalue weighted by Gasteiger charge is -2.08. The lowest BCUT2D eigenvalue weighted by atomic mass is 10.2. The summed E-state index contributed by atoms with van der Waals surface area (Å²) < 4.78 is 3.05. The van der Waals surface area contributed by atoms with Gasteiger partial charge in [0.2, 0.25) is 0 Å². The molecule has 1 aromatic heterocycles. The number of nitrogens with zero attached hydrogens (tertiary/aromatic N) is 3. The Morgan fingerprint density at radius 3 is 2.65 bits per heavy atom. The lowest BCUT2D eigenvalue weighted by Crippen LogP contribution is -2.07. The van der Waals surface area contributed by atoms with Crippen molar-refractivity contribution in [1.82, 2.24) is 14.8 Å². The summed E-state index contributed by atoms with van der Waals surface area (Å²) in [5, 5.41) is 11.5. The van der Waals surface area contributed by atoms with Crippen molar-refractivity contribution in [2.75, 3.05) is 5.32 Å². The van der Waals surface area contributed by atoms with Crippen LogP contribution in [0.4, 0.5) is 5.69 Å². The molecule has 0 aliphatic carbocycles. The molecule has 0 saturated heterocycles. The third-order valence-corrected chi connectivity index (χ3v) is 3.40. The molecule has 0 saturated carbocycles. The molecule has 1 heterocycles. The van der Waals surface area contributed by atoms with E-state index >= 15 is 0 Å². The number of hydrogen-bond donors (Lipinski definition) is 1. The number of halogens is 1. The van der Waals surface area contributed by atoms with Gasteiger partial charge in [0.1, 0.15) is 5.82 Å². The molecule has 0 atom stereocenters. The number of rotatable bonds is 3. The van der Waals surface area contributed by atoms with Gasteiger partial charge in [0.25, 0.3) is 0 Å². The Balaban J connectivity index is 2.10. The molecule has 0 radical (unpaired) electrons. The third kappa shape index (κ3) is 2.66. The highest BCUT2D eigenvalue weighted by atomic mass is 79.9. The Morgan fingerprint density at radius 2 is 2.06 bits per heavy atom. The number of aromatic nitrogens is 3. The highest BCUT2D eigenvalue weighted by Crippen LogP contribution is 2.23. The van der Waals surface area contributed by atoms with Crippen molar-refractivity contribution in [2.45, 2.75) is 20.4 Å². The summed E-state index contributed by atoms with van der Waals surface area (Å²) in [4.78, 5) is 0. The predicted molar refractivity (Wildman–Crippen MR) is 71.9 cm³/mol. The van der Waals surface area contributed by atoms with Crippen LogP contribution in [0.5, 0.6) is 0 Å². The highest BCUT2D eigenvalue weighted by molar-refractivity contribution is 9.10. The molecule has 17 heavy (non-hydrogen) atoms. The van der Waals surface area contributed by atoms with Crippen LogP contribution < -0.4 is 5.32 Å². The molecule has 5 heteroatoms. The maximum Gasteiger partial charge on any atom is 0.152 e. The third-order valence-electron chi connectivity index (χ3n) is 2.74. The predicted octanol–water partition coefficient (Wildman–Crippen LogP) is 2.81. The van der Waals surface area contributed by atoms with E-state index in [0.29, 0.717) is 6.54 Å². The zero-order chi connectivity index (χ0) is 12.4. The van der Waals surface area contributed by atoms with Crippen molar-refractivity contribution in [1.29, 1.82) is 0 Å². The van der Waals surface area contributed by atoms with Gasteiger partial charge in [-0.2, -0.15) is 0 Å². The van der Waals surface area contributed by atoms with Crippen LogP contribution >= 0.6 is 15.9 Å². The second kappa shape index (κ2) is 4.87. The smallest absolute Gasteiger partial charge is 0.152 e. The van der Waals surface area contributed by atoms with E-state index in [1.165, 1.54) is 5.56 Å². The Kier molecular flexibility index (Phi) is 3.47. The molecule has 0 bridgehead atoms. The second-order valence-electron chi connectivity index (χ2n) is 4.06. The van der Waals surface area contributed by atoms with Gasteiger partial charge >= 0.3 is 0 Å².